The largest absolute Gasteiger partial charge is 0.463 e. The molecule has 1 aliphatic rings. The lowest BCUT2D eigenvalue weighted by atomic mass is 10.0. The molecule has 0 saturated carbocycles. The van der Waals surface area contributed by atoms with Crippen LogP contribution in [0, 0.1) is 0 Å². The Balaban J connectivity index is 1.74. The van der Waals surface area contributed by atoms with Crippen LogP contribution in [0.25, 0.3) is 0 Å². The van der Waals surface area contributed by atoms with Crippen LogP contribution in [0.5, 0.6) is 0 Å². The Hall–Kier alpha value is -2.33. The normalized spacial score (nSPS) is 17.3. The molecule has 1 aromatic heterocycles. The second-order valence-corrected chi connectivity index (χ2v) is 6.39. The van der Waals surface area contributed by atoms with Gasteiger partial charge in [0.15, 0.2) is 0 Å². The Bertz CT molecular complexity index is 810. The smallest absolute Gasteiger partial charge is 0.149 e. The number of rotatable bonds is 3. The van der Waals surface area contributed by atoms with Crippen molar-refractivity contribution in [3.8, 4) is 0 Å². The van der Waals surface area contributed by atoms with Gasteiger partial charge in [0.05, 0.1) is 18.0 Å². The average Bonchev–Trinajstić information content (AvgIpc) is 3.26. The number of anilines is 1. The molecule has 4 rings (SSSR count). The molecule has 3 nitrogen and oxygen atoms in total. The van der Waals surface area contributed by atoms with Gasteiger partial charge in [0, 0.05) is 10.9 Å². The fourth-order valence-corrected chi connectivity index (χ4v) is 3.13. The van der Waals surface area contributed by atoms with Crippen molar-refractivity contribution in [2.24, 2.45) is 5.10 Å². The first-order valence-electron chi connectivity index (χ1n) is 7.52. The van der Waals surface area contributed by atoms with Crippen LogP contribution in [0.15, 0.2) is 87.0 Å². The fraction of sp³-hybridized carbons (Fsp3) is 0.105. The molecule has 1 aliphatic heterocycles. The van der Waals surface area contributed by atoms with Crippen molar-refractivity contribution in [2.75, 3.05) is 5.01 Å². The van der Waals surface area contributed by atoms with Crippen molar-refractivity contribution in [3.05, 3.63) is 88.8 Å². The molecule has 0 fully saturated rings. The summed E-state index contributed by atoms with van der Waals surface area (Å²) in [5.74, 6) is 0.838. The Morgan fingerprint density at radius 3 is 2.43 bits per heavy atom. The first-order chi connectivity index (χ1) is 11.3. The van der Waals surface area contributed by atoms with E-state index in [0.717, 1.165) is 28.1 Å². The van der Waals surface area contributed by atoms with Gasteiger partial charge in [-0.3, -0.25) is 5.01 Å². The van der Waals surface area contributed by atoms with Gasteiger partial charge in [0.1, 0.15) is 11.5 Å². The van der Waals surface area contributed by atoms with E-state index < -0.39 is 0 Å². The molecule has 23 heavy (non-hydrogen) atoms. The quantitative estimate of drug-likeness (QED) is 0.620. The fourth-order valence-electron chi connectivity index (χ4n) is 2.87. The molecule has 0 spiro atoms. The van der Waals surface area contributed by atoms with Crippen molar-refractivity contribution in [2.45, 2.75) is 12.5 Å². The minimum absolute atomic E-state index is 0.172. The lowest BCUT2D eigenvalue weighted by molar-refractivity contribution is 0.556. The van der Waals surface area contributed by atoms with Crippen LogP contribution in [0.1, 0.15) is 23.8 Å². The highest BCUT2D eigenvalue weighted by Gasteiger charge is 2.30. The lowest BCUT2D eigenvalue weighted by Crippen LogP contribution is -2.18. The van der Waals surface area contributed by atoms with E-state index in [1.54, 1.807) is 6.26 Å². The van der Waals surface area contributed by atoms with Gasteiger partial charge < -0.3 is 4.42 Å². The van der Waals surface area contributed by atoms with E-state index in [0.29, 0.717) is 0 Å². The van der Waals surface area contributed by atoms with Crippen LogP contribution in [0.3, 0.4) is 0 Å². The molecular formula is C19H15BrN2O. The summed E-state index contributed by atoms with van der Waals surface area (Å²) < 4.78 is 6.62. The Labute approximate surface area is 143 Å². The molecule has 0 N–H and O–H groups in total. The Morgan fingerprint density at radius 1 is 0.957 bits per heavy atom. The Morgan fingerprint density at radius 2 is 1.74 bits per heavy atom. The number of nitrogens with zero attached hydrogens (tertiary/aromatic N) is 2. The van der Waals surface area contributed by atoms with Crippen LogP contribution >= 0.6 is 15.9 Å². The van der Waals surface area contributed by atoms with E-state index >= 15 is 0 Å². The molecule has 1 unspecified atom stereocenters. The number of para-hydroxylation sites is 1. The standard InChI is InChI=1S/C19H15BrN2O/c20-15-10-8-14(9-11-15)18-13-17(19-7-4-12-23-19)21-22(18)16-5-2-1-3-6-16/h1-12,18H,13H2. The van der Waals surface area contributed by atoms with E-state index in [2.05, 4.69) is 57.3 Å². The maximum Gasteiger partial charge on any atom is 0.149 e. The molecule has 0 aliphatic carbocycles. The third-order valence-corrected chi connectivity index (χ3v) is 4.52. The average molecular weight is 367 g/mol. The molecule has 0 radical (unpaired) electrons. The van der Waals surface area contributed by atoms with Crippen LogP contribution in [-0.4, -0.2) is 5.71 Å². The lowest BCUT2D eigenvalue weighted by Gasteiger charge is -2.24. The summed E-state index contributed by atoms with van der Waals surface area (Å²) >= 11 is 3.50. The summed E-state index contributed by atoms with van der Waals surface area (Å²) in [4.78, 5) is 0. The molecule has 114 valence electrons. The zero-order valence-corrected chi connectivity index (χ0v) is 14.0. The first-order valence-corrected chi connectivity index (χ1v) is 8.32. The minimum atomic E-state index is 0.172. The molecule has 2 aromatic carbocycles. The number of hydrogen-bond donors (Lipinski definition) is 0. The van der Waals surface area contributed by atoms with E-state index in [4.69, 9.17) is 9.52 Å². The van der Waals surface area contributed by atoms with Gasteiger partial charge in [0.25, 0.3) is 0 Å². The van der Waals surface area contributed by atoms with Gasteiger partial charge in [0.2, 0.25) is 0 Å². The molecule has 1 atom stereocenters. The van der Waals surface area contributed by atoms with Gasteiger partial charge in [-0.15, -0.1) is 0 Å². The van der Waals surface area contributed by atoms with Crippen molar-refractivity contribution < 1.29 is 4.42 Å². The monoisotopic (exact) mass is 366 g/mol. The molecule has 0 bridgehead atoms. The predicted octanol–water partition coefficient (Wildman–Crippen LogP) is 5.40. The number of furan rings is 1. The zero-order chi connectivity index (χ0) is 15.6. The maximum absolute atomic E-state index is 5.54. The third kappa shape index (κ3) is 2.82. The van der Waals surface area contributed by atoms with E-state index in [-0.39, 0.29) is 6.04 Å². The third-order valence-electron chi connectivity index (χ3n) is 3.99. The van der Waals surface area contributed by atoms with Crippen LogP contribution in [-0.2, 0) is 0 Å². The van der Waals surface area contributed by atoms with Gasteiger partial charge in [-0.2, -0.15) is 5.10 Å². The number of halogens is 1. The van der Waals surface area contributed by atoms with Crippen LogP contribution in [0.4, 0.5) is 5.69 Å². The topological polar surface area (TPSA) is 28.7 Å². The van der Waals surface area contributed by atoms with Gasteiger partial charge in [-0.05, 0) is 42.0 Å². The summed E-state index contributed by atoms with van der Waals surface area (Å²) in [6, 6.07) is 22.7. The first kappa shape index (κ1) is 14.3. The zero-order valence-electron chi connectivity index (χ0n) is 12.4. The second-order valence-electron chi connectivity index (χ2n) is 5.48. The van der Waals surface area contributed by atoms with Crippen LogP contribution in [0.2, 0.25) is 0 Å². The highest BCUT2D eigenvalue weighted by molar-refractivity contribution is 9.10. The summed E-state index contributed by atoms with van der Waals surface area (Å²) in [5.41, 5.74) is 3.30. The molecule has 2 heterocycles. The number of benzene rings is 2. The summed E-state index contributed by atoms with van der Waals surface area (Å²) in [6.07, 6.45) is 2.52. The SMILES string of the molecule is Brc1ccc(C2CC(c3ccco3)=NN2c2ccccc2)cc1. The molecule has 0 saturated heterocycles. The van der Waals surface area contributed by atoms with Crippen molar-refractivity contribution in [3.63, 3.8) is 0 Å². The number of hydrogen-bond acceptors (Lipinski definition) is 3. The highest BCUT2D eigenvalue weighted by atomic mass is 79.9. The molecule has 4 heteroatoms. The minimum Gasteiger partial charge on any atom is -0.463 e. The molecule has 3 aromatic rings. The predicted molar refractivity (Wildman–Crippen MR) is 95.7 cm³/mol. The molecular weight excluding hydrogens is 352 g/mol. The summed E-state index contributed by atoms with van der Waals surface area (Å²) in [5, 5.41) is 6.91. The highest BCUT2D eigenvalue weighted by Crippen LogP contribution is 2.36. The van der Waals surface area contributed by atoms with E-state index in [1.165, 1.54) is 5.56 Å². The van der Waals surface area contributed by atoms with Crippen molar-refractivity contribution in [1.82, 2.24) is 0 Å². The Kier molecular flexibility index (Phi) is 3.75. The number of hydrazone groups is 1. The van der Waals surface area contributed by atoms with Crippen LogP contribution < -0.4 is 5.01 Å². The van der Waals surface area contributed by atoms with E-state index in [1.807, 2.05) is 30.3 Å². The van der Waals surface area contributed by atoms with E-state index in [9.17, 15) is 0 Å². The van der Waals surface area contributed by atoms with Crippen molar-refractivity contribution >= 4 is 27.3 Å². The molecule has 0 amide bonds. The maximum atomic E-state index is 5.54. The van der Waals surface area contributed by atoms with Crippen molar-refractivity contribution in [1.29, 1.82) is 0 Å². The van der Waals surface area contributed by atoms with Gasteiger partial charge in [-0.1, -0.05) is 46.3 Å². The summed E-state index contributed by atoms with van der Waals surface area (Å²) in [6.45, 7) is 0. The van der Waals surface area contributed by atoms with Gasteiger partial charge in [-0.25, -0.2) is 0 Å². The second kappa shape index (κ2) is 6.05. The summed E-state index contributed by atoms with van der Waals surface area (Å²) in [7, 11) is 0. The van der Waals surface area contributed by atoms with Gasteiger partial charge >= 0.3 is 0 Å².